The van der Waals surface area contributed by atoms with E-state index in [1.807, 2.05) is 0 Å². The van der Waals surface area contributed by atoms with Crippen LogP contribution in [0.3, 0.4) is 0 Å². The summed E-state index contributed by atoms with van der Waals surface area (Å²) >= 11 is 0. The van der Waals surface area contributed by atoms with Crippen LogP contribution in [0.5, 0.6) is 0 Å². The topological polar surface area (TPSA) is 57.6 Å². The minimum absolute atomic E-state index is 0.0845. The molecule has 66 valence electrons. The van der Waals surface area contributed by atoms with Gasteiger partial charge >= 0.3 is 0 Å². The molecule has 0 spiro atoms. The first-order valence-electron chi connectivity index (χ1n) is 3.47. The van der Waals surface area contributed by atoms with Crippen LogP contribution in [-0.2, 0) is 9.84 Å². The lowest BCUT2D eigenvalue weighted by atomic mass is 10.2. The lowest BCUT2D eigenvalue weighted by Gasteiger charge is -2.20. The molecule has 0 aromatic rings. The number of likely N-dealkylation sites (N-methyl/N-ethyl adjacent to an activating group) is 1. The molecule has 1 rings (SSSR count). The summed E-state index contributed by atoms with van der Waals surface area (Å²) in [6.07, 6.45) is -0.713. The Kier molecular flexibility index (Phi) is 2.22. The summed E-state index contributed by atoms with van der Waals surface area (Å²) in [7, 11) is 0.564. The van der Waals surface area contributed by atoms with E-state index < -0.39 is 15.9 Å². The Labute approximate surface area is 66.7 Å². The Balaban J connectivity index is 2.75. The Hall–Kier alpha value is -0.130. The predicted molar refractivity (Wildman–Crippen MR) is 42.1 cm³/mol. The van der Waals surface area contributed by atoms with Crippen LogP contribution < -0.4 is 0 Å². The van der Waals surface area contributed by atoms with E-state index >= 15 is 0 Å². The van der Waals surface area contributed by atoms with Gasteiger partial charge in [0.25, 0.3) is 0 Å². The Morgan fingerprint density at radius 2 is 1.91 bits per heavy atom. The molecule has 0 saturated carbocycles. The standard InChI is InChI=1S/C6H13NO3S/c1-7(2)5-3-11(9,10)4-6(5)8/h5-6,8H,3-4H2,1-2H3. The maximum absolute atomic E-state index is 11.0. The van der Waals surface area contributed by atoms with Crippen LogP contribution in [0.25, 0.3) is 0 Å². The second-order valence-electron chi connectivity index (χ2n) is 3.18. The smallest absolute Gasteiger partial charge is 0.154 e. The van der Waals surface area contributed by atoms with Gasteiger partial charge < -0.3 is 10.0 Å². The normalized spacial score (nSPS) is 36.4. The molecule has 2 atom stereocenters. The van der Waals surface area contributed by atoms with Gasteiger partial charge in [-0.1, -0.05) is 0 Å². The highest BCUT2D eigenvalue weighted by Gasteiger charge is 2.37. The third kappa shape index (κ3) is 1.91. The van der Waals surface area contributed by atoms with Crippen LogP contribution in [0.15, 0.2) is 0 Å². The summed E-state index contributed by atoms with van der Waals surface area (Å²) in [6.45, 7) is 0. The van der Waals surface area contributed by atoms with Crippen molar-refractivity contribution in [3.05, 3.63) is 0 Å². The molecule has 0 amide bonds. The number of aliphatic hydroxyl groups is 1. The summed E-state index contributed by atoms with van der Waals surface area (Å²) in [5.41, 5.74) is 0. The molecule has 0 aromatic carbocycles. The fourth-order valence-corrected chi connectivity index (χ4v) is 3.22. The number of sulfone groups is 1. The summed E-state index contributed by atoms with van der Waals surface area (Å²) in [4.78, 5) is 1.75. The molecule has 5 heteroatoms. The molecular weight excluding hydrogens is 166 g/mol. The van der Waals surface area contributed by atoms with Gasteiger partial charge in [0.2, 0.25) is 0 Å². The van der Waals surface area contributed by atoms with Crippen molar-refractivity contribution in [1.82, 2.24) is 4.90 Å². The molecule has 11 heavy (non-hydrogen) atoms. The van der Waals surface area contributed by atoms with E-state index in [9.17, 15) is 13.5 Å². The van der Waals surface area contributed by atoms with Crippen molar-refractivity contribution >= 4 is 9.84 Å². The lowest BCUT2D eigenvalue weighted by molar-refractivity contribution is 0.115. The zero-order chi connectivity index (χ0) is 8.65. The first-order chi connectivity index (χ1) is 4.92. The van der Waals surface area contributed by atoms with E-state index in [0.29, 0.717) is 0 Å². The van der Waals surface area contributed by atoms with E-state index in [-0.39, 0.29) is 17.5 Å². The molecule has 1 aliphatic rings. The van der Waals surface area contributed by atoms with E-state index in [0.717, 1.165) is 0 Å². The van der Waals surface area contributed by atoms with Gasteiger partial charge in [0.05, 0.1) is 17.6 Å². The van der Waals surface area contributed by atoms with Gasteiger partial charge in [-0.3, -0.25) is 0 Å². The maximum atomic E-state index is 11.0. The number of hydrogen-bond donors (Lipinski definition) is 1. The summed E-state index contributed by atoms with van der Waals surface area (Å²) in [6, 6.07) is -0.222. The van der Waals surface area contributed by atoms with Gasteiger partial charge in [0.1, 0.15) is 0 Å². The van der Waals surface area contributed by atoms with E-state index in [1.54, 1.807) is 19.0 Å². The van der Waals surface area contributed by atoms with Crippen molar-refractivity contribution in [2.75, 3.05) is 25.6 Å². The molecule has 1 saturated heterocycles. The summed E-state index contributed by atoms with van der Waals surface area (Å²) < 4.78 is 21.9. The van der Waals surface area contributed by atoms with Gasteiger partial charge in [0.15, 0.2) is 9.84 Å². The Morgan fingerprint density at radius 1 is 1.36 bits per heavy atom. The third-order valence-corrected chi connectivity index (χ3v) is 3.66. The lowest BCUT2D eigenvalue weighted by Crippen LogP contribution is -2.37. The van der Waals surface area contributed by atoms with Crippen molar-refractivity contribution in [3.63, 3.8) is 0 Å². The van der Waals surface area contributed by atoms with Crippen LogP contribution in [0, 0.1) is 0 Å². The fraction of sp³-hybridized carbons (Fsp3) is 1.00. The van der Waals surface area contributed by atoms with Gasteiger partial charge in [0, 0.05) is 6.04 Å². The van der Waals surface area contributed by atoms with Crippen LogP contribution in [0.2, 0.25) is 0 Å². The second kappa shape index (κ2) is 2.73. The van der Waals surface area contributed by atoms with Crippen LogP contribution in [0.1, 0.15) is 0 Å². The second-order valence-corrected chi connectivity index (χ2v) is 5.33. The summed E-state index contributed by atoms with van der Waals surface area (Å²) in [5, 5.41) is 9.27. The highest BCUT2D eigenvalue weighted by Crippen LogP contribution is 2.15. The maximum Gasteiger partial charge on any atom is 0.154 e. The van der Waals surface area contributed by atoms with Crippen molar-refractivity contribution in [1.29, 1.82) is 0 Å². The molecule has 1 aliphatic heterocycles. The van der Waals surface area contributed by atoms with E-state index in [1.165, 1.54) is 0 Å². The fourth-order valence-electron chi connectivity index (χ4n) is 1.30. The van der Waals surface area contributed by atoms with Crippen molar-refractivity contribution < 1.29 is 13.5 Å². The number of rotatable bonds is 1. The van der Waals surface area contributed by atoms with Crippen LogP contribution >= 0.6 is 0 Å². The van der Waals surface area contributed by atoms with Crippen molar-refractivity contribution in [2.24, 2.45) is 0 Å². The molecule has 1 N–H and O–H groups in total. The number of aliphatic hydroxyl groups excluding tert-OH is 1. The van der Waals surface area contributed by atoms with Gasteiger partial charge in [-0.05, 0) is 14.1 Å². The SMILES string of the molecule is CN(C)C1CS(=O)(=O)CC1O. The first kappa shape index (κ1) is 8.96. The molecule has 1 heterocycles. The van der Waals surface area contributed by atoms with E-state index in [2.05, 4.69) is 0 Å². The first-order valence-corrected chi connectivity index (χ1v) is 5.29. The molecule has 0 bridgehead atoms. The zero-order valence-corrected chi connectivity index (χ0v) is 7.50. The zero-order valence-electron chi connectivity index (χ0n) is 6.69. The largest absolute Gasteiger partial charge is 0.390 e. The Bertz CT molecular complexity index is 234. The van der Waals surface area contributed by atoms with Gasteiger partial charge in [-0.2, -0.15) is 0 Å². The molecule has 0 aliphatic carbocycles. The molecule has 0 aromatic heterocycles. The molecular formula is C6H13NO3S. The van der Waals surface area contributed by atoms with Crippen molar-refractivity contribution in [2.45, 2.75) is 12.1 Å². The average molecular weight is 179 g/mol. The van der Waals surface area contributed by atoms with E-state index in [4.69, 9.17) is 0 Å². The number of nitrogens with zero attached hydrogens (tertiary/aromatic N) is 1. The minimum atomic E-state index is -2.98. The molecule has 0 radical (unpaired) electrons. The highest BCUT2D eigenvalue weighted by atomic mass is 32.2. The average Bonchev–Trinajstić information content (AvgIpc) is 2.05. The number of hydrogen-bond acceptors (Lipinski definition) is 4. The molecule has 4 nitrogen and oxygen atoms in total. The van der Waals surface area contributed by atoms with Crippen molar-refractivity contribution in [3.8, 4) is 0 Å². The molecule has 1 fully saturated rings. The van der Waals surface area contributed by atoms with Gasteiger partial charge in [-0.15, -0.1) is 0 Å². The van der Waals surface area contributed by atoms with Crippen LogP contribution in [-0.4, -0.2) is 56.2 Å². The monoisotopic (exact) mass is 179 g/mol. The highest BCUT2D eigenvalue weighted by molar-refractivity contribution is 7.91. The quantitative estimate of drug-likeness (QED) is 0.544. The van der Waals surface area contributed by atoms with Crippen LogP contribution in [0.4, 0.5) is 0 Å². The Morgan fingerprint density at radius 3 is 2.09 bits per heavy atom. The minimum Gasteiger partial charge on any atom is -0.390 e. The van der Waals surface area contributed by atoms with Gasteiger partial charge in [-0.25, -0.2) is 8.42 Å². The predicted octanol–water partition coefficient (Wildman–Crippen LogP) is -1.29. The third-order valence-electron chi connectivity index (χ3n) is 1.96. The summed E-state index contributed by atoms with van der Waals surface area (Å²) in [5.74, 6) is -0.00296. The molecule has 2 unspecified atom stereocenters.